The Morgan fingerprint density at radius 2 is 1.69 bits per heavy atom. The van der Waals surface area contributed by atoms with E-state index in [1.165, 1.54) is 12.1 Å². The molecule has 66 valence electrons. The summed E-state index contributed by atoms with van der Waals surface area (Å²) in [7, 11) is -4.29. The molecular weight excluding hydrogens is 215 g/mol. The third kappa shape index (κ3) is 3.79. The van der Waals surface area contributed by atoms with E-state index in [0.717, 1.165) is 11.1 Å². The first kappa shape index (κ1) is 13.8. The molecule has 0 aliphatic heterocycles. The van der Waals surface area contributed by atoms with Crippen molar-refractivity contribution in [3.8, 4) is 0 Å². The van der Waals surface area contributed by atoms with E-state index < -0.39 is 10.1 Å². The molecule has 1 rings (SSSR count). The van der Waals surface area contributed by atoms with Crippen LogP contribution in [0.4, 0.5) is 0 Å². The van der Waals surface area contributed by atoms with Crippen LogP contribution in [0.5, 0.6) is 0 Å². The Bertz CT molecular complexity index is 398. The van der Waals surface area contributed by atoms with Gasteiger partial charge in [-0.05, 0) is 37.1 Å². The second kappa shape index (κ2) is 5.02. The minimum Gasteiger partial charge on any atom is -0.744 e. The summed E-state index contributed by atoms with van der Waals surface area (Å²) in [6.45, 7) is 3.63. The molecule has 0 fully saturated rings. The number of hydrogen-bond donors (Lipinski definition) is 0. The molecule has 0 heterocycles. The van der Waals surface area contributed by atoms with Crippen LogP contribution >= 0.6 is 0 Å². The topological polar surface area (TPSA) is 57.2 Å². The maximum absolute atomic E-state index is 10.5. The zero-order valence-electron chi connectivity index (χ0n) is 7.87. The standard InChI is InChI=1S/C8H10O3S.K/c1-6-3-4-8(5-7(6)2)12(9,10)11;/h3-5H,1-2H3,(H,9,10,11);/q;+1/p-1. The van der Waals surface area contributed by atoms with Crippen LogP contribution in [0.1, 0.15) is 11.1 Å². The molecule has 0 saturated heterocycles. The summed E-state index contributed by atoms with van der Waals surface area (Å²) in [6.07, 6.45) is 0. The molecule has 0 aliphatic carbocycles. The molecule has 0 spiro atoms. The zero-order chi connectivity index (χ0) is 9.35. The largest absolute Gasteiger partial charge is 1.00 e. The second-order valence-electron chi connectivity index (χ2n) is 2.70. The van der Waals surface area contributed by atoms with Crippen molar-refractivity contribution in [3.05, 3.63) is 29.3 Å². The fraction of sp³-hybridized carbons (Fsp3) is 0.250. The van der Waals surface area contributed by atoms with Crippen molar-refractivity contribution in [2.24, 2.45) is 0 Å². The van der Waals surface area contributed by atoms with Gasteiger partial charge in [-0.1, -0.05) is 6.07 Å². The van der Waals surface area contributed by atoms with Crippen molar-refractivity contribution in [2.75, 3.05) is 0 Å². The van der Waals surface area contributed by atoms with Crippen molar-refractivity contribution in [1.82, 2.24) is 0 Å². The van der Waals surface area contributed by atoms with E-state index in [9.17, 15) is 13.0 Å². The minimum absolute atomic E-state index is 0. The van der Waals surface area contributed by atoms with Crippen LogP contribution in [0.15, 0.2) is 23.1 Å². The predicted molar refractivity (Wildman–Crippen MR) is 43.9 cm³/mol. The normalized spacial score (nSPS) is 10.7. The maximum Gasteiger partial charge on any atom is 1.00 e. The molecule has 0 unspecified atom stereocenters. The SMILES string of the molecule is Cc1ccc(S(=O)(=O)[O-])cc1C.[K+]. The summed E-state index contributed by atoms with van der Waals surface area (Å²) < 4.78 is 31.6. The van der Waals surface area contributed by atoms with Crippen LogP contribution in [0, 0.1) is 13.8 Å². The number of aryl methyl sites for hydroxylation is 2. The molecule has 13 heavy (non-hydrogen) atoms. The first-order valence-corrected chi connectivity index (χ1v) is 4.85. The van der Waals surface area contributed by atoms with Gasteiger partial charge in [-0.15, -0.1) is 0 Å². The molecule has 0 aliphatic rings. The van der Waals surface area contributed by atoms with Crippen LogP contribution in [-0.4, -0.2) is 13.0 Å². The van der Waals surface area contributed by atoms with Crippen LogP contribution < -0.4 is 51.4 Å². The zero-order valence-corrected chi connectivity index (χ0v) is 11.8. The Kier molecular flexibility index (Phi) is 5.31. The third-order valence-electron chi connectivity index (χ3n) is 1.77. The first-order chi connectivity index (χ1) is 5.41. The molecule has 0 bridgehead atoms. The Morgan fingerprint density at radius 1 is 1.15 bits per heavy atom. The molecule has 0 aromatic heterocycles. The minimum atomic E-state index is -4.29. The summed E-state index contributed by atoms with van der Waals surface area (Å²) in [5.41, 5.74) is 1.79. The van der Waals surface area contributed by atoms with E-state index in [4.69, 9.17) is 0 Å². The van der Waals surface area contributed by atoms with E-state index in [1.54, 1.807) is 13.0 Å². The van der Waals surface area contributed by atoms with Crippen LogP contribution in [0.3, 0.4) is 0 Å². The van der Waals surface area contributed by atoms with Crippen molar-refractivity contribution >= 4 is 10.1 Å². The Balaban J connectivity index is 0.00000144. The van der Waals surface area contributed by atoms with Gasteiger partial charge >= 0.3 is 51.4 Å². The van der Waals surface area contributed by atoms with Gasteiger partial charge in [-0.2, -0.15) is 0 Å². The van der Waals surface area contributed by atoms with Crippen LogP contribution in [0.2, 0.25) is 0 Å². The quantitative estimate of drug-likeness (QED) is 0.418. The smallest absolute Gasteiger partial charge is 0.744 e. The van der Waals surface area contributed by atoms with Gasteiger partial charge in [0.05, 0.1) is 4.90 Å². The van der Waals surface area contributed by atoms with Crippen molar-refractivity contribution in [2.45, 2.75) is 18.7 Å². The summed E-state index contributed by atoms with van der Waals surface area (Å²) >= 11 is 0. The van der Waals surface area contributed by atoms with Gasteiger partial charge in [0.1, 0.15) is 10.1 Å². The van der Waals surface area contributed by atoms with E-state index in [0.29, 0.717) is 0 Å². The van der Waals surface area contributed by atoms with Crippen LogP contribution in [-0.2, 0) is 10.1 Å². The predicted octanol–water partition coefficient (Wildman–Crippen LogP) is -1.79. The van der Waals surface area contributed by atoms with Gasteiger partial charge in [-0.25, -0.2) is 8.42 Å². The number of hydrogen-bond acceptors (Lipinski definition) is 3. The van der Waals surface area contributed by atoms with Gasteiger partial charge in [-0.3, -0.25) is 0 Å². The van der Waals surface area contributed by atoms with Gasteiger partial charge in [0, 0.05) is 0 Å². The molecular formula is C8H9KO3S. The van der Waals surface area contributed by atoms with Crippen molar-refractivity contribution < 1.29 is 64.4 Å². The fourth-order valence-corrected chi connectivity index (χ4v) is 1.43. The molecule has 0 saturated carbocycles. The molecule has 0 atom stereocenters. The van der Waals surface area contributed by atoms with Crippen molar-refractivity contribution in [3.63, 3.8) is 0 Å². The Hall–Kier alpha value is 0.766. The fourth-order valence-electron chi connectivity index (χ4n) is 0.869. The first-order valence-electron chi connectivity index (χ1n) is 3.44. The summed E-state index contributed by atoms with van der Waals surface area (Å²) in [5.74, 6) is 0. The average Bonchev–Trinajstić information content (AvgIpc) is 1.92. The summed E-state index contributed by atoms with van der Waals surface area (Å²) in [4.78, 5) is -0.161. The van der Waals surface area contributed by atoms with Gasteiger partial charge in [0.2, 0.25) is 0 Å². The maximum atomic E-state index is 10.5. The molecule has 1 aromatic carbocycles. The number of rotatable bonds is 1. The third-order valence-corrected chi connectivity index (χ3v) is 2.60. The summed E-state index contributed by atoms with van der Waals surface area (Å²) in [6, 6.07) is 4.34. The molecule has 1 aromatic rings. The molecule has 0 N–H and O–H groups in total. The van der Waals surface area contributed by atoms with Gasteiger partial charge in [0.25, 0.3) is 0 Å². The van der Waals surface area contributed by atoms with E-state index in [2.05, 4.69) is 0 Å². The van der Waals surface area contributed by atoms with E-state index in [-0.39, 0.29) is 56.3 Å². The Morgan fingerprint density at radius 3 is 2.08 bits per heavy atom. The van der Waals surface area contributed by atoms with Gasteiger partial charge in [0.15, 0.2) is 0 Å². The molecule has 0 amide bonds. The van der Waals surface area contributed by atoms with Crippen LogP contribution in [0.25, 0.3) is 0 Å². The summed E-state index contributed by atoms with van der Waals surface area (Å²) in [5, 5.41) is 0. The molecule has 3 nitrogen and oxygen atoms in total. The van der Waals surface area contributed by atoms with Crippen molar-refractivity contribution in [1.29, 1.82) is 0 Å². The van der Waals surface area contributed by atoms with E-state index in [1.807, 2.05) is 6.92 Å². The molecule has 5 heteroatoms. The number of benzene rings is 1. The second-order valence-corrected chi connectivity index (χ2v) is 4.08. The average molecular weight is 224 g/mol. The van der Waals surface area contributed by atoms with Gasteiger partial charge < -0.3 is 4.55 Å². The van der Waals surface area contributed by atoms with E-state index >= 15 is 0 Å². The Labute approximate surface area is 121 Å². The monoisotopic (exact) mass is 224 g/mol. The molecule has 0 radical (unpaired) electrons.